The largest absolute Gasteiger partial charge is 0.364 e. The second kappa shape index (κ2) is 5.40. The SMILES string of the molecule is CCCC(CC)Nc1nsnc1Cl. The number of nitrogens with zero attached hydrogens (tertiary/aromatic N) is 2. The molecule has 0 aliphatic heterocycles. The van der Waals surface area contributed by atoms with Crippen LogP contribution in [0.2, 0.25) is 5.15 Å². The van der Waals surface area contributed by atoms with Crippen LogP contribution in [0.4, 0.5) is 5.82 Å². The van der Waals surface area contributed by atoms with E-state index in [1.165, 1.54) is 6.42 Å². The summed E-state index contributed by atoms with van der Waals surface area (Å²) in [6, 6.07) is 0.464. The molecule has 1 heterocycles. The molecule has 0 saturated carbocycles. The molecular weight excluding hydrogens is 206 g/mol. The minimum absolute atomic E-state index is 0.464. The van der Waals surface area contributed by atoms with Crippen LogP contribution in [0.3, 0.4) is 0 Å². The Kier molecular flexibility index (Phi) is 4.45. The summed E-state index contributed by atoms with van der Waals surface area (Å²) in [6.45, 7) is 4.33. The van der Waals surface area contributed by atoms with Crippen molar-refractivity contribution in [1.82, 2.24) is 8.75 Å². The average Bonchev–Trinajstić information content (AvgIpc) is 2.51. The third-order valence-corrected chi connectivity index (χ3v) is 2.81. The van der Waals surface area contributed by atoms with Crippen molar-refractivity contribution in [3.63, 3.8) is 0 Å². The summed E-state index contributed by atoms with van der Waals surface area (Å²) in [5.74, 6) is 0.729. The van der Waals surface area contributed by atoms with Crippen LogP contribution in [-0.2, 0) is 0 Å². The zero-order valence-electron chi connectivity index (χ0n) is 7.88. The lowest BCUT2D eigenvalue weighted by Crippen LogP contribution is -2.18. The summed E-state index contributed by atoms with van der Waals surface area (Å²) in [4.78, 5) is 0. The van der Waals surface area contributed by atoms with Crippen molar-refractivity contribution in [2.24, 2.45) is 0 Å². The Morgan fingerprint density at radius 1 is 1.46 bits per heavy atom. The van der Waals surface area contributed by atoms with Crippen molar-refractivity contribution in [2.75, 3.05) is 5.32 Å². The van der Waals surface area contributed by atoms with Crippen molar-refractivity contribution in [3.05, 3.63) is 5.15 Å². The molecule has 74 valence electrons. The van der Waals surface area contributed by atoms with Gasteiger partial charge in [0.25, 0.3) is 0 Å². The van der Waals surface area contributed by atoms with E-state index in [2.05, 4.69) is 27.9 Å². The van der Waals surface area contributed by atoms with Crippen LogP contribution in [0.25, 0.3) is 0 Å². The lowest BCUT2D eigenvalue weighted by Gasteiger charge is -2.14. The van der Waals surface area contributed by atoms with E-state index in [0.29, 0.717) is 11.2 Å². The molecule has 3 nitrogen and oxygen atoms in total. The third-order valence-electron chi connectivity index (χ3n) is 1.92. The Labute approximate surface area is 87.8 Å². The monoisotopic (exact) mass is 219 g/mol. The minimum Gasteiger partial charge on any atom is -0.364 e. The van der Waals surface area contributed by atoms with Gasteiger partial charge in [-0.2, -0.15) is 8.75 Å². The number of aromatic nitrogens is 2. The number of rotatable bonds is 5. The van der Waals surface area contributed by atoms with Crippen LogP contribution in [0, 0.1) is 0 Å². The van der Waals surface area contributed by atoms with Gasteiger partial charge >= 0.3 is 0 Å². The van der Waals surface area contributed by atoms with Crippen LogP contribution in [0.5, 0.6) is 0 Å². The highest BCUT2D eigenvalue weighted by atomic mass is 35.5. The van der Waals surface area contributed by atoms with E-state index in [9.17, 15) is 0 Å². The number of halogens is 1. The number of nitrogens with one attached hydrogen (secondary N) is 1. The molecule has 5 heteroatoms. The minimum atomic E-state index is 0.464. The predicted molar refractivity (Wildman–Crippen MR) is 57.5 cm³/mol. The molecule has 0 aliphatic rings. The summed E-state index contributed by atoms with van der Waals surface area (Å²) in [5.41, 5.74) is 0. The van der Waals surface area contributed by atoms with Crippen molar-refractivity contribution in [3.8, 4) is 0 Å². The fourth-order valence-corrected chi connectivity index (χ4v) is 1.84. The molecule has 1 atom stereocenters. The van der Waals surface area contributed by atoms with E-state index in [-0.39, 0.29) is 0 Å². The predicted octanol–water partition coefficient (Wildman–Crippen LogP) is 3.18. The van der Waals surface area contributed by atoms with Gasteiger partial charge in [0.1, 0.15) is 0 Å². The van der Waals surface area contributed by atoms with Gasteiger partial charge in [-0.05, 0) is 12.8 Å². The van der Waals surface area contributed by atoms with Crippen LogP contribution in [0.1, 0.15) is 33.1 Å². The zero-order valence-corrected chi connectivity index (χ0v) is 9.45. The normalized spacial score (nSPS) is 12.8. The van der Waals surface area contributed by atoms with Gasteiger partial charge in [-0.3, -0.25) is 0 Å². The molecule has 1 unspecified atom stereocenters. The van der Waals surface area contributed by atoms with Gasteiger partial charge in [0.05, 0.1) is 11.7 Å². The standard InChI is InChI=1S/C8H14ClN3S/c1-3-5-6(4-2)10-8-7(9)11-13-12-8/h6H,3-5H2,1-2H3,(H,10,12). The maximum Gasteiger partial charge on any atom is 0.186 e. The quantitative estimate of drug-likeness (QED) is 0.827. The number of anilines is 1. The van der Waals surface area contributed by atoms with E-state index in [1.807, 2.05) is 0 Å². The first-order valence-electron chi connectivity index (χ1n) is 4.52. The summed E-state index contributed by atoms with van der Waals surface area (Å²) < 4.78 is 7.97. The smallest absolute Gasteiger partial charge is 0.186 e. The van der Waals surface area contributed by atoms with E-state index in [1.54, 1.807) is 0 Å². The summed E-state index contributed by atoms with van der Waals surface area (Å²) in [7, 11) is 0. The van der Waals surface area contributed by atoms with Crippen molar-refractivity contribution < 1.29 is 0 Å². The number of hydrogen-bond acceptors (Lipinski definition) is 4. The third kappa shape index (κ3) is 3.12. The summed E-state index contributed by atoms with van der Waals surface area (Å²) >= 11 is 6.96. The molecule has 0 bridgehead atoms. The highest BCUT2D eigenvalue weighted by molar-refractivity contribution is 6.99. The average molecular weight is 220 g/mol. The highest BCUT2D eigenvalue weighted by Gasteiger charge is 2.10. The molecule has 0 amide bonds. The molecule has 0 saturated heterocycles. The van der Waals surface area contributed by atoms with Crippen LogP contribution >= 0.6 is 23.3 Å². The maximum absolute atomic E-state index is 5.82. The number of hydrogen-bond donors (Lipinski definition) is 1. The molecule has 0 aromatic carbocycles. The van der Waals surface area contributed by atoms with Gasteiger partial charge in [-0.15, -0.1) is 0 Å². The maximum atomic E-state index is 5.82. The van der Waals surface area contributed by atoms with Crippen molar-refractivity contribution in [1.29, 1.82) is 0 Å². The fraction of sp³-hybridized carbons (Fsp3) is 0.750. The second-order valence-electron chi connectivity index (χ2n) is 2.94. The lowest BCUT2D eigenvalue weighted by molar-refractivity contribution is 0.621. The van der Waals surface area contributed by atoms with E-state index in [0.717, 1.165) is 30.4 Å². The highest BCUT2D eigenvalue weighted by Crippen LogP contribution is 2.20. The molecule has 1 aromatic rings. The fourth-order valence-electron chi connectivity index (χ4n) is 1.18. The van der Waals surface area contributed by atoms with Gasteiger partial charge in [0.15, 0.2) is 11.0 Å². The molecule has 0 spiro atoms. The van der Waals surface area contributed by atoms with Gasteiger partial charge in [-0.25, -0.2) is 0 Å². The first-order valence-corrected chi connectivity index (χ1v) is 5.63. The van der Waals surface area contributed by atoms with E-state index < -0.39 is 0 Å². The van der Waals surface area contributed by atoms with Gasteiger partial charge in [0, 0.05) is 6.04 Å². The van der Waals surface area contributed by atoms with Crippen LogP contribution in [0.15, 0.2) is 0 Å². The van der Waals surface area contributed by atoms with Crippen LogP contribution < -0.4 is 5.32 Å². The Morgan fingerprint density at radius 3 is 2.69 bits per heavy atom. The Hall–Kier alpha value is -0.350. The van der Waals surface area contributed by atoms with E-state index >= 15 is 0 Å². The van der Waals surface area contributed by atoms with Crippen LogP contribution in [-0.4, -0.2) is 14.8 Å². The molecule has 1 N–H and O–H groups in total. The van der Waals surface area contributed by atoms with Crippen molar-refractivity contribution >= 4 is 29.1 Å². The van der Waals surface area contributed by atoms with Gasteiger partial charge in [-0.1, -0.05) is 31.9 Å². The Balaban J connectivity index is 2.51. The first-order chi connectivity index (χ1) is 6.27. The molecule has 13 heavy (non-hydrogen) atoms. The second-order valence-corrected chi connectivity index (χ2v) is 3.83. The Morgan fingerprint density at radius 2 is 2.23 bits per heavy atom. The molecule has 1 aromatic heterocycles. The molecule has 0 radical (unpaired) electrons. The first kappa shape index (κ1) is 10.7. The van der Waals surface area contributed by atoms with E-state index in [4.69, 9.17) is 11.6 Å². The molecule has 1 rings (SSSR count). The summed E-state index contributed by atoms with van der Waals surface area (Å²) in [5, 5.41) is 3.77. The zero-order chi connectivity index (χ0) is 9.68. The van der Waals surface area contributed by atoms with Gasteiger partial charge in [0.2, 0.25) is 0 Å². The molecule has 0 fully saturated rings. The Bertz CT molecular complexity index is 251. The molecular formula is C8H14ClN3S. The topological polar surface area (TPSA) is 37.8 Å². The van der Waals surface area contributed by atoms with Crippen molar-refractivity contribution in [2.45, 2.75) is 39.2 Å². The lowest BCUT2D eigenvalue weighted by atomic mass is 10.1. The van der Waals surface area contributed by atoms with Gasteiger partial charge < -0.3 is 5.32 Å². The molecule has 0 aliphatic carbocycles. The summed E-state index contributed by atoms with van der Waals surface area (Å²) in [6.07, 6.45) is 3.40.